The number of aryl methyl sites for hydroxylation is 1. The highest BCUT2D eigenvalue weighted by Crippen LogP contribution is 2.45. The second-order valence-corrected chi connectivity index (χ2v) is 8.11. The SMILES string of the molecule is CNC(=O)c1cc(C(=O)N[C@H]2[C@@H]3COC[C@@H]32)cc2c1OC[C@@H]2c1ccccc1C. The van der Waals surface area contributed by atoms with Crippen LogP contribution in [-0.4, -0.2) is 44.7 Å². The fraction of sp³-hybridized carbons (Fsp3) is 0.391. The number of fused-ring (bicyclic) bond motifs is 2. The van der Waals surface area contributed by atoms with E-state index in [-0.39, 0.29) is 23.8 Å². The molecule has 0 unspecified atom stereocenters. The summed E-state index contributed by atoms with van der Waals surface area (Å²) in [6, 6.07) is 11.9. The van der Waals surface area contributed by atoms with Gasteiger partial charge in [-0.1, -0.05) is 24.3 Å². The molecule has 6 nitrogen and oxygen atoms in total. The molecule has 5 rings (SSSR count). The zero-order chi connectivity index (χ0) is 20.1. The third kappa shape index (κ3) is 2.99. The summed E-state index contributed by atoms with van der Waals surface area (Å²) in [5.41, 5.74) is 4.12. The molecule has 2 heterocycles. The van der Waals surface area contributed by atoms with Crippen molar-refractivity contribution in [1.82, 2.24) is 10.6 Å². The van der Waals surface area contributed by atoms with Gasteiger partial charge < -0.3 is 20.1 Å². The number of carbonyl (C=O) groups is 2. The summed E-state index contributed by atoms with van der Waals surface area (Å²) in [6.45, 7) is 3.95. The van der Waals surface area contributed by atoms with Crippen LogP contribution in [0.3, 0.4) is 0 Å². The molecular weight excluding hydrogens is 368 g/mol. The topological polar surface area (TPSA) is 76.7 Å². The molecule has 2 N–H and O–H groups in total. The third-order valence-corrected chi connectivity index (χ3v) is 6.44. The Morgan fingerprint density at radius 2 is 1.76 bits per heavy atom. The second-order valence-electron chi connectivity index (χ2n) is 8.11. The van der Waals surface area contributed by atoms with Gasteiger partial charge in [0.1, 0.15) is 5.75 Å². The van der Waals surface area contributed by atoms with Crippen LogP contribution in [-0.2, 0) is 4.74 Å². The molecule has 0 spiro atoms. The average Bonchev–Trinajstić information content (AvgIpc) is 3.09. The molecule has 2 aromatic rings. The van der Waals surface area contributed by atoms with Gasteiger partial charge in [-0.25, -0.2) is 0 Å². The maximum atomic E-state index is 13.0. The Labute approximate surface area is 169 Å². The van der Waals surface area contributed by atoms with E-state index in [1.807, 2.05) is 18.2 Å². The van der Waals surface area contributed by atoms with E-state index in [0.29, 0.717) is 48.5 Å². The van der Waals surface area contributed by atoms with E-state index in [0.717, 1.165) is 16.7 Å². The average molecular weight is 392 g/mol. The summed E-state index contributed by atoms with van der Waals surface area (Å²) in [7, 11) is 1.58. The van der Waals surface area contributed by atoms with Gasteiger partial charge in [-0.05, 0) is 30.2 Å². The fourth-order valence-electron chi connectivity index (χ4n) is 4.69. The van der Waals surface area contributed by atoms with Crippen LogP contribution in [0.4, 0.5) is 0 Å². The van der Waals surface area contributed by atoms with E-state index in [1.54, 1.807) is 13.1 Å². The van der Waals surface area contributed by atoms with E-state index in [1.165, 1.54) is 0 Å². The molecule has 1 aliphatic carbocycles. The van der Waals surface area contributed by atoms with Crippen LogP contribution in [0.25, 0.3) is 0 Å². The number of nitrogens with one attached hydrogen (secondary N) is 2. The number of rotatable bonds is 4. The summed E-state index contributed by atoms with van der Waals surface area (Å²) in [6.07, 6.45) is 0. The Hall–Kier alpha value is -2.86. The lowest BCUT2D eigenvalue weighted by molar-refractivity contribution is 0.0929. The lowest BCUT2D eigenvalue weighted by Crippen LogP contribution is -2.30. The molecule has 2 amide bonds. The molecule has 150 valence electrons. The number of amides is 2. The van der Waals surface area contributed by atoms with Gasteiger partial charge in [-0.15, -0.1) is 0 Å². The first-order valence-corrected chi connectivity index (χ1v) is 10.1. The molecule has 2 aliphatic heterocycles. The van der Waals surface area contributed by atoms with Crippen molar-refractivity contribution in [1.29, 1.82) is 0 Å². The zero-order valence-corrected chi connectivity index (χ0v) is 16.5. The zero-order valence-electron chi connectivity index (χ0n) is 16.5. The summed E-state index contributed by atoms with van der Waals surface area (Å²) in [4.78, 5) is 25.5. The first kappa shape index (κ1) is 18.2. The molecular formula is C23H24N2O4. The summed E-state index contributed by atoms with van der Waals surface area (Å²) in [5.74, 6) is 1.03. The Morgan fingerprint density at radius 3 is 2.48 bits per heavy atom. The summed E-state index contributed by atoms with van der Waals surface area (Å²) in [5, 5.41) is 5.78. The van der Waals surface area contributed by atoms with Crippen LogP contribution in [0.1, 0.15) is 43.3 Å². The monoisotopic (exact) mass is 392 g/mol. The van der Waals surface area contributed by atoms with Crippen molar-refractivity contribution in [3.05, 3.63) is 64.2 Å². The van der Waals surface area contributed by atoms with Crippen LogP contribution in [0.5, 0.6) is 5.75 Å². The summed E-state index contributed by atoms with van der Waals surface area (Å²) >= 11 is 0. The smallest absolute Gasteiger partial charge is 0.254 e. The van der Waals surface area contributed by atoms with Gasteiger partial charge in [-0.3, -0.25) is 9.59 Å². The highest BCUT2D eigenvalue weighted by molar-refractivity contribution is 6.02. The lowest BCUT2D eigenvalue weighted by atomic mass is 9.88. The van der Waals surface area contributed by atoms with Crippen molar-refractivity contribution in [2.75, 3.05) is 26.9 Å². The minimum atomic E-state index is -0.252. The highest BCUT2D eigenvalue weighted by Gasteiger charge is 2.54. The van der Waals surface area contributed by atoms with Crippen molar-refractivity contribution < 1.29 is 19.1 Å². The lowest BCUT2D eigenvalue weighted by Gasteiger charge is -2.15. The minimum Gasteiger partial charge on any atom is -0.491 e. The molecule has 2 fully saturated rings. The molecule has 0 bridgehead atoms. The van der Waals surface area contributed by atoms with Gasteiger partial charge in [0, 0.05) is 42.0 Å². The van der Waals surface area contributed by atoms with Crippen LogP contribution < -0.4 is 15.4 Å². The predicted molar refractivity (Wildman–Crippen MR) is 107 cm³/mol. The van der Waals surface area contributed by atoms with Crippen LogP contribution in [0.2, 0.25) is 0 Å². The van der Waals surface area contributed by atoms with E-state index >= 15 is 0 Å². The van der Waals surface area contributed by atoms with Gasteiger partial charge in [0.05, 0.1) is 25.4 Å². The van der Waals surface area contributed by atoms with Gasteiger partial charge in [0.15, 0.2) is 0 Å². The fourth-order valence-corrected chi connectivity index (χ4v) is 4.69. The highest BCUT2D eigenvalue weighted by atomic mass is 16.5. The van der Waals surface area contributed by atoms with Crippen LogP contribution >= 0.6 is 0 Å². The minimum absolute atomic E-state index is 0.00365. The van der Waals surface area contributed by atoms with E-state index < -0.39 is 0 Å². The Kier molecular flexibility index (Phi) is 4.32. The molecule has 4 atom stereocenters. The largest absolute Gasteiger partial charge is 0.491 e. The van der Waals surface area contributed by atoms with E-state index in [2.05, 4.69) is 29.7 Å². The summed E-state index contributed by atoms with van der Waals surface area (Å²) < 4.78 is 11.4. The predicted octanol–water partition coefficient (Wildman–Crippen LogP) is 2.25. The Bertz CT molecular complexity index is 992. The van der Waals surface area contributed by atoms with Crippen molar-refractivity contribution >= 4 is 11.8 Å². The van der Waals surface area contributed by atoms with E-state index in [9.17, 15) is 9.59 Å². The quantitative estimate of drug-likeness (QED) is 0.837. The Morgan fingerprint density at radius 1 is 1.00 bits per heavy atom. The number of hydrogen-bond donors (Lipinski definition) is 2. The van der Waals surface area contributed by atoms with Crippen molar-refractivity contribution in [2.45, 2.75) is 18.9 Å². The normalized spacial score (nSPS) is 26.3. The standard InChI is InChI=1S/C23H24N2O4/c1-12-5-3-4-6-14(12)17-11-29-21-15(17)7-13(8-16(21)23(27)24-2)22(26)25-20-18-9-28-10-19(18)20/h3-8,17-20H,9-11H2,1-2H3,(H,24,27)(H,25,26)/t17-,18-,19+,20+/m1/s1. The first-order chi connectivity index (χ1) is 14.1. The molecule has 3 aliphatic rings. The third-order valence-electron chi connectivity index (χ3n) is 6.44. The van der Waals surface area contributed by atoms with Crippen LogP contribution in [0.15, 0.2) is 36.4 Å². The van der Waals surface area contributed by atoms with Gasteiger partial charge >= 0.3 is 0 Å². The maximum Gasteiger partial charge on any atom is 0.254 e. The van der Waals surface area contributed by atoms with Crippen molar-refractivity contribution in [3.63, 3.8) is 0 Å². The molecule has 0 radical (unpaired) electrons. The molecule has 1 saturated heterocycles. The van der Waals surface area contributed by atoms with Gasteiger partial charge in [0.25, 0.3) is 11.8 Å². The molecule has 29 heavy (non-hydrogen) atoms. The van der Waals surface area contributed by atoms with Gasteiger partial charge in [-0.2, -0.15) is 0 Å². The van der Waals surface area contributed by atoms with Crippen molar-refractivity contribution in [3.8, 4) is 5.75 Å². The van der Waals surface area contributed by atoms with Crippen LogP contribution in [0, 0.1) is 18.8 Å². The Balaban J connectivity index is 1.51. The van der Waals surface area contributed by atoms with Gasteiger partial charge in [0.2, 0.25) is 0 Å². The first-order valence-electron chi connectivity index (χ1n) is 10.1. The number of hydrogen-bond acceptors (Lipinski definition) is 4. The maximum absolute atomic E-state index is 13.0. The number of benzene rings is 2. The number of carbonyl (C=O) groups excluding carboxylic acids is 2. The molecule has 6 heteroatoms. The van der Waals surface area contributed by atoms with Crippen molar-refractivity contribution in [2.24, 2.45) is 11.8 Å². The second kappa shape index (κ2) is 6.88. The molecule has 2 aromatic carbocycles. The molecule has 0 aromatic heterocycles. The molecule has 1 saturated carbocycles. The number of ether oxygens (including phenoxy) is 2. The van der Waals surface area contributed by atoms with E-state index in [4.69, 9.17) is 9.47 Å².